The Hall–Kier alpha value is -0.850. The lowest BCUT2D eigenvalue weighted by molar-refractivity contribution is 0.269. The summed E-state index contributed by atoms with van der Waals surface area (Å²) in [5, 5.41) is 5.73. The topological polar surface area (TPSA) is 55.3 Å². The van der Waals surface area contributed by atoms with Gasteiger partial charge >= 0.3 is 0 Å². The van der Waals surface area contributed by atoms with Crippen molar-refractivity contribution >= 4 is 33.1 Å². The number of aromatic nitrogens is 1. The van der Waals surface area contributed by atoms with Crippen LogP contribution in [0.15, 0.2) is 26.5 Å². The van der Waals surface area contributed by atoms with Gasteiger partial charge in [0.15, 0.2) is 11.6 Å². The first-order chi connectivity index (χ1) is 7.63. The highest BCUT2D eigenvalue weighted by Crippen LogP contribution is 2.21. The highest BCUT2D eigenvalue weighted by atomic mass is 79.9. The van der Waals surface area contributed by atoms with E-state index in [1.807, 2.05) is 7.05 Å². The first-order valence-corrected chi connectivity index (χ1v) is 6.43. The quantitative estimate of drug-likeness (QED) is 0.943. The molecule has 2 aromatic heterocycles. The molecule has 2 aromatic rings. The van der Waals surface area contributed by atoms with Gasteiger partial charge < -0.3 is 10.3 Å². The summed E-state index contributed by atoms with van der Waals surface area (Å²) >= 11 is 5.17. The van der Waals surface area contributed by atoms with E-state index >= 15 is 0 Å². The summed E-state index contributed by atoms with van der Waals surface area (Å²) in [5.41, 5.74) is 5.48. The van der Waals surface area contributed by atoms with Gasteiger partial charge in [-0.15, -0.1) is 11.3 Å². The van der Waals surface area contributed by atoms with Crippen LogP contribution in [0.3, 0.4) is 0 Å². The molecule has 0 saturated carbocycles. The average Bonchev–Trinajstić information content (AvgIpc) is 2.76. The zero-order chi connectivity index (χ0) is 11.5. The Labute approximate surface area is 106 Å². The van der Waals surface area contributed by atoms with Crippen molar-refractivity contribution in [3.8, 4) is 0 Å². The van der Waals surface area contributed by atoms with E-state index in [0.29, 0.717) is 12.4 Å². The van der Waals surface area contributed by atoms with Crippen LogP contribution in [-0.4, -0.2) is 17.1 Å². The molecule has 4 nitrogen and oxygen atoms in total. The van der Waals surface area contributed by atoms with Crippen LogP contribution in [-0.2, 0) is 13.1 Å². The second kappa shape index (κ2) is 4.99. The molecule has 0 bridgehead atoms. The van der Waals surface area contributed by atoms with E-state index in [9.17, 15) is 0 Å². The fourth-order valence-electron chi connectivity index (χ4n) is 1.43. The molecule has 2 heterocycles. The van der Waals surface area contributed by atoms with Gasteiger partial charge in [-0.25, -0.2) is 0 Å². The Kier molecular flexibility index (Phi) is 3.63. The van der Waals surface area contributed by atoms with E-state index in [1.54, 1.807) is 17.4 Å². The van der Waals surface area contributed by atoms with E-state index in [1.165, 1.54) is 4.88 Å². The van der Waals surface area contributed by atoms with Gasteiger partial charge in [-0.05, 0) is 29.0 Å². The summed E-state index contributed by atoms with van der Waals surface area (Å²) in [6.45, 7) is 1.59. The summed E-state index contributed by atoms with van der Waals surface area (Å²) in [4.78, 5) is 3.46. The van der Waals surface area contributed by atoms with Crippen LogP contribution >= 0.6 is 27.3 Å². The van der Waals surface area contributed by atoms with Crippen molar-refractivity contribution in [2.24, 2.45) is 0 Å². The lowest BCUT2D eigenvalue weighted by Crippen LogP contribution is -2.16. The maximum atomic E-state index is 5.48. The molecule has 0 aliphatic heterocycles. The van der Waals surface area contributed by atoms with Gasteiger partial charge in [0.25, 0.3) is 0 Å². The van der Waals surface area contributed by atoms with Crippen LogP contribution in [0.2, 0.25) is 0 Å². The molecule has 0 unspecified atom stereocenters. The van der Waals surface area contributed by atoms with Crippen LogP contribution in [0.25, 0.3) is 0 Å². The molecular formula is C10H12BrN3OS. The van der Waals surface area contributed by atoms with Crippen LogP contribution < -0.4 is 5.73 Å². The molecule has 0 radical (unpaired) electrons. The number of anilines is 1. The van der Waals surface area contributed by atoms with Gasteiger partial charge in [0.1, 0.15) is 0 Å². The minimum atomic E-state index is 0.433. The minimum Gasteiger partial charge on any atom is -0.381 e. The summed E-state index contributed by atoms with van der Waals surface area (Å²) in [6.07, 6.45) is 0. The second-order valence-corrected chi connectivity index (χ2v) is 5.53. The SMILES string of the molecule is CN(Cc1cc(N)no1)Cc1cc(Br)cs1. The largest absolute Gasteiger partial charge is 0.381 e. The predicted octanol–water partition coefficient (Wildman–Crippen LogP) is 2.71. The maximum Gasteiger partial charge on any atom is 0.167 e. The van der Waals surface area contributed by atoms with Gasteiger partial charge in [-0.3, -0.25) is 4.90 Å². The molecule has 0 aliphatic carbocycles. The summed E-state index contributed by atoms with van der Waals surface area (Å²) < 4.78 is 6.18. The standard InChI is InChI=1S/C10H12BrN3OS/c1-14(4-8-3-10(12)13-15-8)5-9-2-7(11)6-16-9/h2-3,6H,4-5H2,1H3,(H2,12,13). The van der Waals surface area contributed by atoms with Gasteiger partial charge in [-0.2, -0.15) is 0 Å². The first kappa shape index (κ1) is 11.6. The zero-order valence-electron chi connectivity index (χ0n) is 8.81. The smallest absolute Gasteiger partial charge is 0.167 e. The van der Waals surface area contributed by atoms with Gasteiger partial charge in [-0.1, -0.05) is 5.16 Å². The number of rotatable bonds is 4. The van der Waals surface area contributed by atoms with E-state index in [-0.39, 0.29) is 0 Å². The third-order valence-electron chi connectivity index (χ3n) is 2.05. The van der Waals surface area contributed by atoms with Crippen LogP contribution in [0.1, 0.15) is 10.6 Å². The summed E-state index contributed by atoms with van der Waals surface area (Å²) in [5.74, 6) is 1.22. The molecule has 16 heavy (non-hydrogen) atoms. The van der Waals surface area contributed by atoms with Gasteiger partial charge in [0.2, 0.25) is 0 Å². The molecular weight excluding hydrogens is 290 g/mol. The Balaban J connectivity index is 1.91. The summed E-state index contributed by atoms with van der Waals surface area (Å²) in [7, 11) is 2.03. The number of nitrogens with zero attached hydrogens (tertiary/aromatic N) is 2. The number of hydrogen-bond donors (Lipinski definition) is 1. The highest BCUT2D eigenvalue weighted by Gasteiger charge is 2.07. The third-order valence-corrected chi connectivity index (χ3v) is 3.73. The number of thiophene rings is 1. The van der Waals surface area contributed by atoms with Crippen LogP contribution in [0.4, 0.5) is 5.82 Å². The lowest BCUT2D eigenvalue weighted by Gasteiger charge is -2.12. The molecule has 2 N–H and O–H groups in total. The van der Waals surface area contributed by atoms with Gasteiger partial charge in [0, 0.05) is 27.3 Å². The fraction of sp³-hybridized carbons (Fsp3) is 0.300. The maximum absolute atomic E-state index is 5.48. The Morgan fingerprint density at radius 1 is 1.50 bits per heavy atom. The van der Waals surface area contributed by atoms with Crippen molar-refractivity contribution in [2.45, 2.75) is 13.1 Å². The van der Waals surface area contributed by atoms with E-state index < -0.39 is 0 Å². The molecule has 0 spiro atoms. The normalized spacial score (nSPS) is 11.2. The Morgan fingerprint density at radius 2 is 2.31 bits per heavy atom. The highest BCUT2D eigenvalue weighted by molar-refractivity contribution is 9.10. The molecule has 0 aliphatic rings. The van der Waals surface area contributed by atoms with Crippen molar-refractivity contribution in [1.29, 1.82) is 0 Å². The van der Waals surface area contributed by atoms with E-state index in [4.69, 9.17) is 10.3 Å². The van der Waals surface area contributed by atoms with Crippen molar-refractivity contribution < 1.29 is 4.52 Å². The van der Waals surface area contributed by atoms with Crippen molar-refractivity contribution in [3.63, 3.8) is 0 Å². The second-order valence-electron chi connectivity index (χ2n) is 3.62. The number of hydrogen-bond acceptors (Lipinski definition) is 5. The number of halogens is 1. The average molecular weight is 302 g/mol. The molecule has 6 heteroatoms. The van der Waals surface area contributed by atoms with E-state index in [2.05, 4.69) is 37.4 Å². The molecule has 0 aromatic carbocycles. The Bertz CT molecular complexity index is 426. The van der Waals surface area contributed by atoms with Crippen LogP contribution in [0, 0.1) is 0 Å². The van der Waals surface area contributed by atoms with Crippen molar-refractivity contribution in [1.82, 2.24) is 10.1 Å². The van der Waals surface area contributed by atoms with Gasteiger partial charge in [0.05, 0.1) is 6.54 Å². The molecule has 2 rings (SSSR count). The number of nitrogen functional groups attached to an aromatic ring is 1. The third kappa shape index (κ3) is 3.07. The fourth-order valence-corrected chi connectivity index (χ4v) is 2.96. The first-order valence-electron chi connectivity index (χ1n) is 4.76. The lowest BCUT2D eigenvalue weighted by atomic mass is 10.4. The van der Waals surface area contributed by atoms with Crippen molar-refractivity contribution in [2.75, 3.05) is 12.8 Å². The molecule has 0 fully saturated rings. The molecule has 0 atom stereocenters. The zero-order valence-corrected chi connectivity index (χ0v) is 11.2. The minimum absolute atomic E-state index is 0.433. The van der Waals surface area contributed by atoms with Crippen LogP contribution in [0.5, 0.6) is 0 Å². The van der Waals surface area contributed by atoms with Crippen molar-refractivity contribution in [3.05, 3.63) is 32.6 Å². The molecule has 0 saturated heterocycles. The molecule has 0 amide bonds. The van der Waals surface area contributed by atoms with E-state index in [0.717, 1.165) is 16.8 Å². The molecule has 86 valence electrons. The monoisotopic (exact) mass is 301 g/mol. The summed E-state index contributed by atoms with van der Waals surface area (Å²) in [6, 6.07) is 3.87. The predicted molar refractivity (Wildman–Crippen MR) is 68.1 cm³/mol. The Morgan fingerprint density at radius 3 is 2.88 bits per heavy atom. The number of nitrogens with two attached hydrogens (primary N) is 1.